The van der Waals surface area contributed by atoms with Gasteiger partial charge in [0, 0.05) is 17.8 Å². The highest BCUT2D eigenvalue weighted by atomic mass is 35.5. The Balaban J connectivity index is 3.00. The molecule has 0 atom stereocenters. The summed E-state index contributed by atoms with van der Waals surface area (Å²) in [6, 6.07) is 3.13. The third kappa shape index (κ3) is 4.52. The minimum absolute atomic E-state index is 0.251. The number of hydrogen-bond donors (Lipinski definition) is 1. The second-order valence-corrected chi connectivity index (χ2v) is 4.52. The number of likely N-dealkylation sites (N-methyl/N-ethyl adjacent to an activating group) is 1. The molecule has 19 heavy (non-hydrogen) atoms. The van der Waals surface area contributed by atoms with Gasteiger partial charge < -0.3 is 10.0 Å². The van der Waals surface area contributed by atoms with Crippen LogP contribution >= 0.6 is 11.6 Å². The summed E-state index contributed by atoms with van der Waals surface area (Å²) in [5.41, 5.74) is 1.12. The fourth-order valence-electron chi connectivity index (χ4n) is 1.73. The molecular formula is C13H17ClN2O3. The first-order valence-electron chi connectivity index (χ1n) is 6.15. The van der Waals surface area contributed by atoms with Crippen molar-refractivity contribution in [1.82, 2.24) is 9.88 Å². The molecule has 1 rings (SSSR count). The standard InChI is InChI=1S/C13H17ClN2O3/c1-3-5-10-6-9(7-11(14)15-10)13(19)16(4-2)8-12(17)18/h6-7H,3-5,8H2,1-2H3,(H,17,18). The number of carbonyl (C=O) groups excluding carboxylic acids is 1. The summed E-state index contributed by atoms with van der Waals surface area (Å²) < 4.78 is 0. The van der Waals surface area contributed by atoms with Gasteiger partial charge in [0.05, 0.1) is 0 Å². The van der Waals surface area contributed by atoms with Gasteiger partial charge in [0.2, 0.25) is 0 Å². The Morgan fingerprint density at radius 1 is 1.37 bits per heavy atom. The third-order valence-corrected chi connectivity index (χ3v) is 2.79. The van der Waals surface area contributed by atoms with Crippen LogP contribution in [0.3, 0.4) is 0 Å². The molecule has 0 fully saturated rings. The van der Waals surface area contributed by atoms with Gasteiger partial charge in [-0.15, -0.1) is 0 Å². The van der Waals surface area contributed by atoms with E-state index in [1.807, 2.05) is 6.92 Å². The molecule has 0 saturated carbocycles. The summed E-state index contributed by atoms with van der Waals surface area (Å²) in [7, 11) is 0. The summed E-state index contributed by atoms with van der Waals surface area (Å²) >= 11 is 5.89. The SMILES string of the molecule is CCCc1cc(C(=O)N(CC)CC(=O)O)cc(Cl)n1. The maximum atomic E-state index is 12.2. The van der Waals surface area contributed by atoms with E-state index in [1.165, 1.54) is 11.0 Å². The number of hydrogen-bond acceptors (Lipinski definition) is 3. The number of carboxylic acids is 1. The van der Waals surface area contributed by atoms with Crippen LogP contribution in [0.15, 0.2) is 12.1 Å². The summed E-state index contributed by atoms with van der Waals surface area (Å²) in [5, 5.41) is 9.02. The van der Waals surface area contributed by atoms with Crippen molar-refractivity contribution in [1.29, 1.82) is 0 Å². The Morgan fingerprint density at radius 2 is 2.05 bits per heavy atom. The number of pyridine rings is 1. The van der Waals surface area contributed by atoms with Crippen LogP contribution in [-0.2, 0) is 11.2 Å². The van der Waals surface area contributed by atoms with Gasteiger partial charge in [0.1, 0.15) is 11.7 Å². The lowest BCUT2D eigenvalue weighted by molar-refractivity contribution is -0.137. The monoisotopic (exact) mass is 284 g/mol. The Bertz CT molecular complexity index is 477. The molecule has 0 radical (unpaired) electrons. The number of carboxylic acid groups (broad SMARTS) is 1. The van der Waals surface area contributed by atoms with Crippen molar-refractivity contribution in [2.45, 2.75) is 26.7 Å². The van der Waals surface area contributed by atoms with E-state index in [0.29, 0.717) is 12.1 Å². The maximum Gasteiger partial charge on any atom is 0.323 e. The first kappa shape index (κ1) is 15.4. The summed E-state index contributed by atoms with van der Waals surface area (Å²) in [6.07, 6.45) is 1.62. The molecule has 0 bridgehead atoms. The largest absolute Gasteiger partial charge is 0.480 e. The molecule has 0 spiro atoms. The molecular weight excluding hydrogens is 268 g/mol. The van der Waals surface area contributed by atoms with E-state index in [4.69, 9.17) is 16.7 Å². The van der Waals surface area contributed by atoms with Crippen LogP contribution in [-0.4, -0.2) is 40.0 Å². The van der Waals surface area contributed by atoms with Crippen molar-refractivity contribution in [2.75, 3.05) is 13.1 Å². The first-order valence-corrected chi connectivity index (χ1v) is 6.53. The number of aryl methyl sites for hydroxylation is 1. The zero-order chi connectivity index (χ0) is 14.4. The van der Waals surface area contributed by atoms with Gasteiger partial charge in [-0.25, -0.2) is 4.98 Å². The number of aromatic nitrogens is 1. The number of rotatable bonds is 6. The van der Waals surface area contributed by atoms with Crippen molar-refractivity contribution >= 4 is 23.5 Å². The lowest BCUT2D eigenvalue weighted by Crippen LogP contribution is -2.35. The average Bonchev–Trinajstić information content (AvgIpc) is 2.34. The molecule has 1 N–H and O–H groups in total. The van der Waals surface area contributed by atoms with Crippen LogP contribution in [0.5, 0.6) is 0 Å². The minimum atomic E-state index is -1.04. The van der Waals surface area contributed by atoms with Gasteiger partial charge in [-0.3, -0.25) is 9.59 Å². The predicted molar refractivity (Wildman–Crippen MR) is 72.5 cm³/mol. The Labute approximate surface area is 117 Å². The molecule has 0 unspecified atom stereocenters. The second kappa shape index (κ2) is 7.09. The first-order chi connectivity index (χ1) is 8.97. The van der Waals surface area contributed by atoms with Gasteiger partial charge >= 0.3 is 5.97 Å². The van der Waals surface area contributed by atoms with Crippen molar-refractivity contribution in [2.24, 2.45) is 0 Å². The number of aliphatic carboxylic acids is 1. The molecule has 0 aliphatic rings. The van der Waals surface area contributed by atoms with E-state index >= 15 is 0 Å². The lowest BCUT2D eigenvalue weighted by atomic mass is 10.1. The topological polar surface area (TPSA) is 70.5 Å². The number of amides is 1. The van der Waals surface area contributed by atoms with Crippen molar-refractivity contribution in [3.8, 4) is 0 Å². The highest BCUT2D eigenvalue weighted by Gasteiger charge is 2.18. The van der Waals surface area contributed by atoms with Crippen LogP contribution < -0.4 is 0 Å². The Kier molecular flexibility index (Phi) is 5.76. The van der Waals surface area contributed by atoms with E-state index in [9.17, 15) is 9.59 Å². The third-order valence-electron chi connectivity index (χ3n) is 2.60. The number of carbonyl (C=O) groups is 2. The summed E-state index contributed by atoms with van der Waals surface area (Å²) in [6.45, 7) is 3.75. The van der Waals surface area contributed by atoms with E-state index in [2.05, 4.69) is 4.98 Å². The molecule has 0 aliphatic carbocycles. The van der Waals surface area contributed by atoms with Crippen LogP contribution in [0, 0.1) is 0 Å². The number of halogens is 1. The smallest absolute Gasteiger partial charge is 0.323 e. The van der Waals surface area contributed by atoms with E-state index in [-0.39, 0.29) is 17.6 Å². The molecule has 0 aliphatic heterocycles. The van der Waals surface area contributed by atoms with Gasteiger partial charge in [-0.1, -0.05) is 24.9 Å². The molecule has 104 valence electrons. The molecule has 1 aromatic rings. The van der Waals surface area contributed by atoms with Crippen molar-refractivity contribution in [3.05, 3.63) is 28.5 Å². The normalized spacial score (nSPS) is 10.3. The van der Waals surface area contributed by atoms with E-state index < -0.39 is 5.97 Å². The molecule has 5 nitrogen and oxygen atoms in total. The number of nitrogens with zero attached hydrogens (tertiary/aromatic N) is 2. The molecule has 1 amide bonds. The molecule has 1 aromatic heterocycles. The van der Waals surface area contributed by atoms with Gasteiger partial charge in [0.15, 0.2) is 0 Å². The molecule has 6 heteroatoms. The summed E-state index contributed by atoms with van der Waals surface area (Å²) in [5.74, 6) is -1.38. The second-order valence-electron chi connectivity index (χ2n) is 4.13. The van der Waals surface area contributed by atoms with Crippen LogP contribution in [0.2, 0.25) is 5.15 Å². The predicted octanol–water partition coefficient (Wildman–Crippen LogP) is 2.23. The fourth-order valence-corrected chi connectivity index (χ4v) is 1.96. The van der Waals surface area contributed by atoms with E-state index in [1.54, 1.807) is 13.0 Å². The average molecular weight is 285 g/mol. The van der Waals surface area contributed by atoms with Gasteiger partial charge in [-0.2, -0.15) is 0 Å². The lowest BCUT2D eigenvalue weighted by Gasteiger charge is -2.18. The molecule has 0 aromatic carbocycles. The van der Waals surface area contributed by atoms with Gasteiger partial charge in [0.25, 0.3) is 5.91 Å². The van der Waals surface area contributed by atoms with Crippen LogP contribution in [0.4, 0.5) is 0 Å². The quantitative estimate of drug-likeness (QED) is 0.813. The summed E-state index contributed by atoms with van der Waals surface area (Å²) in [4.78, 5) is 28.3. The Hall–Kier alpha value is -1.62. The Morgan fingerprint density at radius 3 is 2.58 bits per heavy atom. The fraction of sp³-hybridized carbons (Fsp3) is 0.462. The zero-order valence-corrected chi connectivity index (χ0v) is 11.8. The van der Waals surface area contributed by atoms with Crippen LogP contribution in [0.1, 0.15) is 36.3 Å². The minimum Gasteiger partial charge on any atom is -0.480 e. The van der Waals surface area contributed by atoms with Gasteiger partial charge in [-0.05, 0) is 25.5 Å². The zero-order valence-electron chi connectivity index (χ0n) is 11.0. The highest BCUT2D eigenvalue weighted by molar-refractivity contribution is 6.29. The van der Waals surface area contributed by atoms with E-state index in [0.717, 1.165) is 18.5 Å². The maximum absolute atomic E-state index is 12.2. The highest BCUT2D eigenvalue weighted by Crippen LogP contribution is 2.14. The van der Waals surface area contributed by atoms with Crippen LogP contribution in [0.25, 0.3) is 0 Å². The van der Waals surface area contributed by atoms with Crippen molar-refractivity contribution in [3.63, 3.8) is 0 Å². The van der Waals surface area contributed by atoms with Crippen molar-refractivity contribution < 1.29 is 14.7 Å². The molecule has 1 heterocycles. The molecule has 0 saturated heterocycles.